The Kier molecular flexibility index (Phi) is 4.39. The fourth-order valence-electron chi connectivity index (χ4n) is 1.58. The van der Waals surface area contributed by atoms with E-state index in [1.165, 1.54) is 9.13 Å². The van der Waals surface area contributed by atoms with Gasteiger partial charge in [-0.1, -0.05) is 0 Å². The van der Waals surface area contributed by atoms with E-state index in [-0.39, 0.29) is 6.04 Å². The molecule has 0 fully saturated rings. The molecule has 1 heterocycles. The highest BCUT2D eigenvalue weighted by Crippen LogP contribution is 2.27. The Balaban J connectivity index is 2.16. The van der Waals surface area contributed by atoms with Gasteiger partial charge in [-0.05, 0) is 81.3 Å². The van der Waals surface area contributed by atoms with E-state index in [9.17, 15) is 0 Å². The molecule has 0 bridgehead atoms. The Morgan fingerprint density at radius 1 is 1.24 bits per heavy atom. The number of halogens is 2. The number of nitrogens with zero attached hydrogens (tertiary/aromatic N) is 1. The summed E-state index contributed by atoms with van der Waals surface area (Å²) in [6, 6.07) is 10.6. The monoisotopic (exact) mass is 402 g/mol. The lowest BCUT2D eigenvalue weighted by Gasteiger charge is -2.16. The molecule has 0 saturated carbocycles. The van der Waals surface area contributed by atoms with Crippen molar-refractivity contribution in [3.8, 4) is 0 Å². The molecule has 1 aromatic heterocycles. The first-order chi connectivity index (χ1) is 8.16. The van der Waals surface area contributed by atoms with Crippen molar-refractivity contribution in [3.63, 3.8) is 0 Å². The van der Waals surface area contributed by atoms with Crippen LogP contribution in [0, 0.1) is 3.57 Å². The summed E-state index contributed by atoms with van der Waals surface area (Å²) in [7, 11) is 0. The molecular formula is C13H12BrIN2. The minimum atomic E-state index is 0.259. The lowest BCUT2D eigenvalue weighted by Crippen LogP contribution is -2.07. The van der Waals surface area contributed by atoms with E-state index in [1.807, 2.05) is 24.5 Å². The van der Waals surface area contributed by atoms with Crippen LogP contribution in [0.3, 0.4) is 0 Å². The van der Waals surface area contributed by atoms with Gasteiger partial charge in [-0.15, -0.1) is 0 Å². The lowest BCUT2D eigenvalue weighted by molar-refractivity contribution is 0.879. The molecule has 1 N–H and O–H groups in total. The third kappa shape index (κ3) is 3.42. The Morgan fingerprint density at radius 2 is 1.94 bits per heavy atom. The van der Waals surface area contributed by atoms with Crippen molar-refractivity contribution >= 4 is 44.2 Å². The van der Waals surface area contributed by atoms with E-state index in [2.05, 4.69) is 73.9 Å². The first-order valence-corrected chi connectivity index (χ1v) is 7.15. The number of benzene rings is 1. The number of hydrogen-bond acceptors (Lipinski definition) is 2. The largest absolute Gasteiger partial charge is 0.378 e. The van der Waals surface area contributed by atoms with Crippen LogP contribution in [0.4, 0.5) is 5.69 Å². The minimum Gasteiger partial charge on any atom is -0.378 e. The molecule has 4 heteroatoms. The molecule has 1 atom stereocenters. The van der Waals surface area contributed by atoms with Gasteiger partial charge in [0, 0.05) is 32.2 Å². The molecule has 17 heavy (non-hydrogen) atoms. The average molecular weight is 403 g/mol. The van der Waals surface area contributed by atoms with Crippen LogP contribution in [0.2, 0.25) is 0 Å². The van der Waals surface area contributed by atoms with Crippen LogP contribution >= 0.6 is 38.5 Å². The normalized spacial score (nSPS) is 12.2. The second-order valence-electron chi connectivity index (χ2n) is 3.77. The van der Waals surface area contributed by atoms with Crippen LogP contribution in [0.15, 0.2) is 47.2 Å². The van der Waals surface area contributed by atoms with Crippen molar-refractivity contribution in [2.45, 2.75) is 13.0 Å². The van der Waals surface area contributed by atoms with Gasteiger partial charge in [-0.25, -0.2) is 0 Å². The summed E-state index contributed by atoms with van der Waals surface area (Å²) in [5.74, 6) is 0. The lowest BCUT2D eigenvalue weighted by atomic mass is 10.1. The Bertz CT molecular complexity index is 502. The van der Waals surface area contributed by atoms with Crippen molar-refractivity contribution < 1.29 is 0 Å². The molecular weight excluding hydrogens is 391 g/mol. The van der Waals surface area contributed by atoms with Crippen molar-refractivity contribution in [1.29, 1.82) is 0 Å². The first kappa shape index (κ1) is 12.8. The topological polar surface area (TPSA) is 24.9 Å². The number of hydrogen-bond donors (Lipinski definition) is 1. The highest BCUT2D eigenvalue weighted by Gasteiger charge is 2.07. The number of pyridine rings is 1. The maximum atomic E-state index is 4.03. The summed E-state index contributed by atoms with van der Waals surface area (Å²) >= 11 is 5.87. The van der Waals surface area contributed by atoms with E-state index in [1.54, 1.807) is 0 Å². The second kappa shape index (κ2) is 5.82. The summed E-state index contributed by atoms with van der Waals surface area (Å²) < 4.78 is 2.31. The highest BCUT2D eigenvalue weighted by atomic mass is 127. The quantitative estimate of drug-likeness (QED) is 0.757. The third-order valence-electron chi connectivity index (χ3n) is 2.51. The van der Waals surface area contributed by atoms with Crippen LogP contribution < -0.4 is 5.32 Å². The number of rotatable bonds is 3. The van der Waals surface area contributed by atoms with Gasteiger partial charge in [0.25, 0.3) is 0 Å². The molecule has 2 nitrogen and oxygen atoms in total. The molecule has 88 valence electrons. The van der Waals surface area contributed by atoms with Crippen LogP contribution in [-0.4, -0.2) is 4.98 Å². The first-order valence-electron chi connectivity index (χ1n) is 5.28. The van der Waals surface area contributed by atoms with Gasteiger partial charge >= 0.3 is 0 Å². The fourth-order valence-corrected chi connectivity index (χ4v) is 2.99. The van der Waals surface area contributed by atoms with E-state index >= 15 is 0 Å². The molecule has 2 rings (SSSR count). The zero-order chi connectivity index (χ0) is 12.3. The van der Waals surface area contributed by atoms with E-state index < -0.39 is 0 Å². The molecule has 0 spiro atoms. The molecule has 2 aromatic rings. The zero-order valence-corrected chi connectivity index (χ0v) is 13.1. The number of anilines is 1. The van der Waals surface area contributed by atoms with Gasteiger partial charge < -0.3 is 5.32 Å². The molecule has 0 saturated heterocycles. The molecule has 0 aliphatic rings. The summed E-state index contributed by atoms with van der Waals surface area (Å²) in [5, 5.41) is 3.48. The predicted molar refractivity (Wildman–Crippen MR) is 83.1 cm³/mol. The molecule has 0 amide bonds. The molecule has 0 aliphatic heterocycles. The molecule has 1 unspecified atom stereocenters. The van der Waals surface area contributed by atoms with E-state index in [0.29, 0.717) is 0 Å². The Hall–Kier alpha value is -0.620. The van der Waals surface area contributed by atoms with Gasteiger partial charge in [0.2, 0.25) is 0 Å². The standard InChI is InChI=1S/C13H12BrIN2/c1-9(10-4-6-16-7-5-10)17-13-3-2-11(15)8-12(13)14/h2-9,17H,1H3. The third-order valence-corrected chi connectivity index (χ3v) is 3.84. The van der Waals surface area contributed by atoms with Crippen LogP contribution in [0.1, 0.15) is 18.5 Å². The van der Waals surface area contributed by atoms with Gasteiger partial charge in [0.05, 0.1) is 0 Å². The van der Waals surface area contributed by atoms with Crippen LogP contribution in [0.25, 0.3) is 0 Å². The van der Waals surface area contributed by atoms with Gasteiger partial charge in [-0.2, -0.15) is 0 Å². The maximum absolute atomic E-state index is 4.03. The van der Waals surface area contributed by atoms with Gasteiger partial charge in [0.1, 0.15) is 0 Å². The summed E-state index contributed by atoms with van der Waals surface area (Å²) in [5.41, 5.74) is 2.33. The second-order valence-corrected chi connectivity index (χ2v) is 5.87. The highest BCUT2D eigenvalue weighted by molar-refractivity contribution is 14.1. The SMILES string of the molecule is CC(Nc1ccc(I)cc1Br)c1ccncc1. The smallest absolute Gasteiger partial charge is 0.0490 e. The zero-order valence-electron chi connectivity index (χ0n) is 9.32. The maximum Gasteiger partial charge on any atom is 0.0490 e. The summed E-state index contributed by atoms with van der Waals surface area (Å²) in [4.78, 5) is 4.03. The minimum absolute atomic E-state index is 0.259. The van der Waals surface area contributed by atoms with Crippen molar-refractivity contribution in [2.24, 2.45) is 0 Å². The van der Waals surface area contributed by atoms with Crippen LogP contribution in [-0.2, 0) is 0 Å². The predicted octanol–water partition coefficient (Wildman–Crippen LogP) is 4.62. The van der Waals surface area contributed by atoms with Gasteiger partial charge in [0.15, 0.2) is 0 Å². The average Bonchev–Trinajstić information content (AvgIpc) is 2.34. The van der Waals surface area contributed by atoms with Crippen molar-refractivity contribution in [1.82, 2.24) is 4.98 Å². The van der Waals surface area contributed by atoms with Gasteiger partial charge in [-0.3, -0.25) is 4.98 Å². The Labute approximate surface area is 123 Å². The van der Waals surface area contributed by atoms with E-state index in [0.717, 1.165) is 10.2 Å². The van der Waals surface area contributed by atoms with Crippen molar-refractivity contribution in [3.05, 3.63) is 56.3 Å². The molecule has 0 aliphatic carbocycles. The molecule has 1 aromatic carbocycles. The van der Waals surface area contributed by atoms with Crippen molar-refractivity contribution in [2.75, 3.05) is 5.32 Å². The number of nitrogens with one attached hydrogen (secondary N) is 1. The summed E-state index contributed by atoms with van der Waals surface area (Å²) in [6.07, 6.45) is 3.63. The number of aromatic nitrogens is 1. The van der Waals surface area contributed by atoms with Crippen LogP contribution in [0.5, 0.6) is 0 Å². The fraction of sp³-hybridized carbons (Fsp3) is 0.154. The Morgan fingerprint density at radius 3 is 2.59 bits per heavy atom. The molecule has 0 radical (unpaired) electrons. The van der Waals surface area contributed by atoms with E-state index in [4.69, 9.17) is 0 Å². The summed E-state index contributed by atoms with van der Waals surface area (Å²) in [6.45, 7) is 2.14.